The van der Waals surface area contributed by atoms with Crippen LogP contribution in [0.1, 0.15) is 34.6 Å². The minimum Gasteiger partial charge on any atom is -0.376 e. The van der Waals surface area contributed by atoms with Gasteiger partial charge in [-0.2, -0.15) is 4.31 Å². The summed E-state index contributed by atoms with van der Waals surface area (Å²) in [6.45, 7) is 2.88. The predicted molar refractivity (Wildman–Crippen MR) is 131 cm³/mol. The molecule has 1 N–H and O–H groups in total. The number of rotatable bonds is 6. The molecular weight excluding hydrogens is 464 g/mol. The number of aromatic nitrogens is 1. The van der Waals surface area contributed by atoms with Gasteiger partial charge in [0.15, 0.2) is 0 Å². The van der Waals surface area contributed by atoms with Crippen LogP contribution in [0.15, 0.2) is 40.6 Å². The summed E-state index contributed by atoms with van der Waals surface area (Å²) in [5.74, 6) is -0.293. The summed E-state index contributed by atoms with van der Waals surface area (Å²) >= 11 is 2.91. The van der Waals surface area contributed by atoms with Gasteiger partial charge in [-0.05, 0) is 49.4 Å². The maximum atomic E-state index is 13.2. The zero-order valence-corrected chi connectivity index (χ0v) is 20.7. The van der Waals surface area contributed by atoms with E-state index in [0.717, 1.165) is 34.8 Å². The van der Waals surface area contributed by atoms with Gasteiger partial charge in [-0.1, -0.05) is 12.5 Å². The minimum atomic E-state index is -3.61. The van der Waals surface area contributed by atoms with Gasteiger partial charge in [0.2, 0.25) is 10.0 Å². The third kappa shape index (κ3) is 4.59. The van der Waals surface area contributed by atoms with Crippen molar-refractivity contribution in [2.24, 2.45) is 0 Å². The average Bonchev–Trinajstić information content (AvgIpc) is 3.44. The number of amides is 1. The lowest BCUT2D eigenvalue weighted by Crippen LogP contribution is -2.35. The molecule has 0 saturated carbocycles. The molecule has 1 aliphatic heterocycles. The Balaban J connectivity index is 1.65. The van der Waals surface area contributed by atoms with Crippen LogP contribution < -0.4 is 10.2 Å². The summed E-state index contributed by atoms with van der Waals surface area (Å²) in [6.07, 6.45) is 2.79. The monoisotopic (exact) mass is 490 g/mol. The van der Waals surface area contributed by atoms with Crippen molar-refractivity contribution in [1.29, 1.82) is 0 Å². The minimum absolute atomic E-state index is 0.195. The zero-order valence-electron chi connectivity index (χ0n) is 18.3. The third-order valence-corrected chi connectivity index (χ3v) is 9.48. The molecule has 3 heterocycles. The number of benzene rings is 1. The van der Waals surface area contributed by atoms with Gasteiger partial charge >= 0.3 is 0 Å². The lowest BCUT2D eigenvalue weighted by atomic mass is 10.2. The standard InChI is InChI=1S/C22H26N4O3S3/c1-15-20(31-22(23-15)19-8-7-13-30-19)21(27)24-17-14-16(9-10-18(17)25(2)3)32(28,29)26-11-5-4-6-12-26/h7-10,13-14H,4-6,11-12H2,1-3H3,(H,24,27). The maximum absolute atomic E-state index is 13.2. The van der Waals surface area contributed by atoms with Crippen molar-refractivity contribution in [2.45, 2.75) is 31.1 Å². The molecule has 1 amide bonds. The summed E-state index contributed by atoms with van der Waals surface area (Å²) in [5.41, 5.74) is 1.85. The molecule has 1 fully saturated rings. The number of aryl methyl sites for hydroxylation is 1. The molecule has 0 radical (unpaired) electrons. The van der Waals surface area contributed by atoms with Crippen molar-refractivity contribution in [3.05, 3.63) is 46.3 Å². The number of hydrogen-bond acceptors (Lipinski definition) is 7. The zero-order chi connectivity index (χ0) is 22.9. The predicted octanol–water partition coefficient (Wildman–Crippen LogP) is 4.67. The number of anilines is 2. The quantitative estimate of drug-likeness (QED) is 0.543. The number of carbonyl (C=O) groups excluding carboxylic acids is 1. The van der Waals surface area contributed by atoms with Gasteiger partial charge in [0, 0.05) is 27.2 Å². The number of thiazole rings is 1. The number of piperidine rings is 1. The van der Waals surface area contributed by atoms with Gasteiger partial charge in [0.05, 0.1) is 26.8 Å². The Hall–Kier alpha value is -2.27. The lowest BCUT2D eigenvalue weighted by molar-refractivity contribution is 0.103. The molecule has 10 heteroatoms. The molecule has 2 aromatic heterocycles. The van der Waals surface area contributed by atoms with Crippen LogP contribution >= 0.6 is 22.7 Å². The summed E-state index contributed by atoms with van der Waals surface area (Å²) in [7, 11) is 0.110. The van der Waals surface area contributed by atoms with E-state index in [4.69, 9.17) is 0 Å². The normalized spacial score (nSPS) is 15.0. The molecule has 7 nitrogen and oxygen atoms in total. The summed E-state index contributed by atoms with van der Waals surface area (Å²) in [6, 6.07) is 8.84. The molecule has 0 bridgehead atoms. The smallest absolute Gasteiger partial charge is 0.267 e. The van der Waals surface area contributed by atoms with Gasteiger partial charge in [0.1, 0.15) is 9.88 Å². The first-order chi connectivity index (χ1) is 15.3. The van der Waals surface area contributed by atoms with Crippen LogP contribution in [0.5, 0.6) is 0 Å². The van der Waals surface area contributed by atoms with Crippen molar-refractivity contribution in [2.75, 3.05) is 37.4 Å². The first-order valence-corrected chi connectivity index (χ1v) is 13.5. The molecule has 32 heavy (non-hydrogen) atoms. The number of thiophene rings is 1. The van der Waals surface area contributed by atoms with Crippen LogP contribution in [0.25, 0.3) is 9.88 Å². The van der Waals surface area contributed by atoms with Gasteiger partial charge < -0.3 is 10.2 Å². The van der Waals surface area contributed by atoms with E-state index >= 15 is 0 Å². The van der Waals surface area contributed by atoms with Gasteiger partial charge in [-0.25, -0.2) is 13.4 Å². The second-order valence-electron chi connectivity index (χ2n) is 7.90. The maximum Gasteiger partial charge on any atom is 0.267 e. The van der Waals surface area contributed by atoms with Gasteiger partial charge in [-0.15, -0.1) is 22.7 Å². The second-order valence-corrected chi connectivity index (χ2v) is 11.8. The van der Waals surface area contributed by atoms with Crippen molar-refractivity contribution < 1.29 is 13.2 Å². The van der Waals surface area contributed by atoms with E-state index in [0.29, 0.717) is 29.3 Å². The van der Waals surface area contributed by atoms with E-state index in [1.807, 2.05) is 43.4 Å². The largest absolute Gasteiger partial charge is 0.376 e. The van der Waals surface area contributed by atoms with E-state index in [1.54, 1.807) is 29.5 Å². The molecule has 1 aliphatic rings. The van der Waals surface area contributed by atoms with Crippen LogP contribution in [-0.2, 0) is 10.0 Å². The lowest BCUT2D eigenvalue weighted by Gasteiger charge is -2.26. The highest BCUT2D eigenvalue weighted by atomic mass is 32.2. The fraction of sp³-hybridized carbons (Fsp3) is 0.364. The second kappa shape index (κ2) is 9.30. The van der Waals surface area contributed by atoms with Crippen molar-refractivity contribution in [3.63, 3.8) is 0 Å². The topological polar surface area (TPSA) is 82.6 Å². The number of carbonyl (C=O) groups is 1. The Morgan fingerprint density at radius 3 is 2.56 bits per heavy atom. The van der Waals surface area contributed by atoms with E-state index in [9.17, 15) is 13.2 Å². The molecule has 0 aliphatic carbocycles. The first-order valence-electron chi connectivity index (χ1n) is 10.4. The third-order valence-electron chi connectivity index (χ3n) is 5.39. The molecular formula is C22H26N4O3S3. The van der Waals surface area contributed by atoms with Crippen LogP contribution in [-0.4, -0.2) is 50.8 Å². The fourth-order valence-electron chi connectivity index (χ4n) is 3.71. The Labute approximate surface area is 196 Å². The molecule has 0 atom stereocenters. The average molecular weight is 491 g/mol. The van der Waals surface area contributed by atoms with E-state index in [2.05, 4.69) is 10.3 Å². The highest BCUT2D eigenvalue weighted by molar-refractivity contribution is 7.89. The van der Waals surface area contributed by atoms with E-state index in [1.165, 1.54) is 15.6 Å². The first kappa shape index (κ1) is 22.9. The number of nitrogens with zero attached hydrogens (tertiary/aromatic N) is 3. The molecule has 4 rings (SSSR count). The van der Waals surface area contributed by atoms with Crippen LogP contribution in [0.4, 0.5) is 11.4 Å². The summed E-state index contributed by atoms with van der Waals surface area (Å²) in [4.78, 5) is 21.3. The Bertz CT molecular complexity index is 1210. The van der Waals surface area contributed by atoms with Gasteiger partial charge in [0.25, 0.3) is 5.91 Å². The molecule has 3 aromatic rings. The number of hydrogen-bond donors (Lipinski definition) is 1. The Kier molecular flexibility index (Phi) is 6.66. The summed E-state index contributed by atoms with van der Waals surface area (Å²) in [5, 5.41) is 5.71. The number of sulfonamides is 1. The highest BCUT2D eigenvalue weighted by Gasteiger charge is 2.27. The highest BCUT2D eigenvalue weighted by Crippen LogP contribution is 2.34. The van der Waals surface area contributed by atoms with Crippen LogP contribution in [0.3, 0.4) is 0 Å². The fourth-order valence-corrected chi connectivity index (χ4v) is 7.01. The Morgan fingerprint density at radius 2 is 1.91 bits per heavy atom. The molecule has 1 aromatic carbocycles. The SMILES string of the molecule is Cc1nc(-c2cccs2)sc1C(=O)Nc1cc(S(=O)(=O)N2CCCCC2)ccc1N(C)C. The van der Waals surface area contributed by atoms with Crippen molar-refractivity contribution >= 4 is 50.0 Å². The molecule has 0 unspecified atom stereocenters. The van der Waals surface area contributed by atoms with E-state index in [-0.39, 0.29) is 10.8 Å². The van der Waals surface area contributed by atoms with Crippen LogP contribution in [0, 0.1) is 6.92 Å². The summed E-state index contributed by atoms with van der Waals surface area (Å²) < 4.78 is 27.9. The van der Waals surface area contributed by atoms with Crippen LogP contribution in [0.2, 0.25) is 0 Å². The number of nitrogens with one attached hydrogen (secondary N) is 1. The van der Waals surface area contributed by atoms with Crippen molar-refractivity contribution in [1.82, 2.24) is 9.29 Å². The van der Waals surface area contributed by atoms with Crippen molar-refractivity contribution in [3.8, 4) is 9.88 Å². The molecule has 0 spiro atoms. The molecule has 1 saturated heterocycles. The van der Waals surface area contributed by atoms with Gasteiger partial charge in [-0.3, -0.25) is 4.79 Å². The Morgan fingerprint density at radius 1 is 1.16 bits per heavy atom. The molecule has 170 valence electrons. The van der Waals surface area contributed by atoms with E-state index < -0.39 is 10.0 Å².